The minimum absolute atomic E-state index is 0.0282. The highest BCUT2D eigenvalue weighted by atomic mass is 35.6. The Bertz CT molecular complexity index is 1170. The first-order valence-electron chi connectivity index (χ1n) is 15.6. The van der Waals surface area contributed by atoms with Gasteiger partial charge in [-0.1, -0.05) is 141 Å². The van der Waals surface area contributed by atoms with Crippen molar-refractivity contribution in [3.05, 3.63) is 69.8 Å². The first-order chi connectivity index (χ1) is 22.7. The third kappa shape index (κ3) is 22.6. The van der Waals surface area contributed by atoms with Gasteiger partial charge in [0.2, 0.25) is 0 Å². The number of carboxylic acid groups (broad SMARTS) is 2. The third-order valence-electron chi connectivity index (χ3n) is 6.26. The van der Waals surface area contributed by atoms with E-state index in [0.29, 0.717) is 25.2 Å². The molecule has 0 aliphatic carbocycles. The number of esters is 2. The molecule has 0 aliphatic rings. The molecular formula is C34H46Cl6O8. The Hall–Kier alpha value is -1.94. The van der Waals surface area contributed by atoms with Crippen molar-refractivity contribution < 1.29 is 38.9 Å². The number of rotatable bonds is 16. The number of benzene rings is 2. The zero-order valence-electron chi connectivity index (χ0n) is 27.7. The maximum Gasteiger partial charge on any atom is 0.339 e. The van der Waals surface area contributed by atoms with Crippen LogP contribution in [0.25, 0.3) is 0 Å². The van der Waals surface area contributed by atoms with Gasteiger partial charge in [-0.3, -0.25) is 0 Å². The zero-order valence-corrected chi connectivity index (χ0v) is 32.3. The van der Waals surface area contributed by atoms with Crippen molar-refractivity contribution in [1.29, 1.82) is 0 Å². The van der Waals surface area contributed by atoms with Crippen molar-refractivity contribution >= 4 is 93.5 Å². The number of ether oxygens (including phenoxy) is 2. The number of carbonyl (C=O) groups excluding carboxylic acids is 2. The highest BCUT2D eigenvalue weighted by Gasteiger charge is 2.22. The molecule has 0 spiro atoms. The van der Waals surface area contributed by atoms with E-state index in [0.717, 1.165) is 63.4 Å². The molecule has 0 heterocycles. The summed E-state index contributed by atoms with van der Waals surface area (Å²) in [7, 11) is 0. The summed E-state index contributed by atoms with van der Waals surface area (Å²) in [5, 5.41) is 18.5. The highest BCUT2D eigenvalue weighted by molar-refractivity contribution is 6.63. The van der Waals surface area contributed by atoms with Crippen LogP contribution in [0.3, 0.4) is 0 Å². The lowest BCUT2D eigenvalue weighted by Gasteiger charge is -2.14. The quantitative estimate of drug-likeness (QED) is 0.0977. The lowest BCUT2D eigenvalue weighted by atomic mass is 9.90. The molecule has 2 aromatic rings. The number of aromatic carboxylic acids is 2. The lowest BCUT2D eigenvalue weighted by molar-refractivity contribution is 0.0452. The molecule has 0 aliphatic heterocycles. The third-order valence-corrected chi connectivity index (χ3v) is 6.26. The Morgan fingerprint density at radius 2 is 0.979 bits per heavy atom. The maximum atomic E-state index is 11.9. The molecule has 0 bridgehead atoms. The van der Waals surface area contributed by atoms with Crippen LogP contribution in [0.1, 0.15) is 132 Å². The van der Waals surface area contributed by atoms with E-state index in [9.17, 15) is 24.3 Å². The van der Waals surface area contributed by atoms with Crippen LogP contribution < -0.4 is 0 Å². The Morgan fingerprint density at radius 3 is 1.33 bits per heavy atom. The Balaban J connectivity index is 0. The fourth-order valence-corrected chi connectivity index (χ4v) is 3.97. The van der Waals surface area contributed by atoms with Gasteiger partial charge in [0.05, 0.1) is 35.5 Å². The smallest absolute Gasteiger partial charge is 0.339 e. The van der Waals surface area contributed by atoms with Crippen LogP contribution in [0.2, 0.25) is 0 Å². The van der Waals surface area contributed by atoms with Crippen molar-refractivity contribution in [2.75, 3.05) is 13.2 Å². The molecule has 2 N–H and O–H groups in total. The fourth-order valence-electron chi connectivity index (χ4n) is 3.97. The van der Waals surface area contributed by atoms with Crippen LogP contribution in [0.15, 0.2) is 36.4 Å². The number of carboxylic acids is 2. The molecule has 0 atom stereocenters. The summed E-state index contributed by atoms with van der Waals surface area (Å²) in [6.45, 7) is 8.89. The molecule has 2 rings (SSSR count). The minimum Gasteiger partial charge on any atom is -0.478 e. The van der Waals surface area contributed by atoms with Gasteiger partial charge in [0.25, 0.3) is 0 Å². The van der Waals surface area contributed by atoms with Gasteiger partial charge in [-0.25, -0.2) is 19.2 Å². The largest absolute Gasteiger partial charge is 0.478 e. The summed E-state index contributed by atoms with van der Waals surface area (Å²) in [6, 6.07) is 9.79. The van der Waals surface area contributed by atoms with Crippen molar-refractivity contribution in [1.82, 2.24) is 0 Å². The van der Waals surface area contributed by atoms with Crippen LogP contribution in [0.5, 0.6) is 0 Å². The number of unbranched alkanes of at least 4 members (excludes halogenated alkanes) is 4. The zero-order chi connectivity index (χ0) is 37.1. The molecule has 0 saturated heterocycles. The van der Waals surface area contributed by atoms with E-state index in [1.54, 1.807) is 30.3 Å². The second-order valence-corrected chi connectivity index (χ2v) is 13.9. The van der Waals surface area contributed by atoms with Crippen LogP contribution in [-0.2, 0) is 22.3 Å². The SMILES string of the molecule is CCCCOC(=O)c1ccccc1C(=O)OCCCC.CCCCc1ccc(C(=O)O)c(C(=O)O)c1CCCC.ClC(Cl)Cl.ClC(Cl)Cl. The second kappa shape index (κ2) is 29.9. The first kappa shape index (κ1) is 48.2. The molecule has 0 fully saturated rings. The number of aryl methyl sites for hydroxylation is 1. The second-order valence-electron chi connectivity index (χ2n) is 9.96. The number of alkyl halides is 6. The van der Waals surface area contributed by atoms with Crippen molar-refractivity contribution in [3.8, 4) is 0 Å². The average Bonchev–Trinajstić information content (AvgIpc) is 3.02. The van der Waals surface area contributed by atoms with E-state index in [4.69, 9.17) is 84.2 Å². The average molecular weight is 795 g/mol. The van der Waals surface area contributed by atoms with Gasteiger partial charge in [0.15, 0.2) is 8.59 Å². The van der Waals surface area contributed by atoms with Gasteiger partial charge in [0.1, 0.15) is 0 Å². The van der Waals surface area contributed by atoms with Crippen LogP contribution >= 0.6 is 69.6 Å². The summed E-state index contributed by atoms with van der Waals surface area (Å²) in [4.78, 5) is 46.6. The topological polar surface area (TPSA) is 127 Å². The molecule has 14 heteroatoms. The van der Waals surface area contributed by atoms with E-state index in [-0.39, 0.29) is 22.3 Å². The molecular weight excluding hydrogens is 749 g/mol. The number of hydrogen-bond donors (Lipinski definition) is 2. The lowest BCUT2D eigenvalue weighted by Crippen LogP contribution is -2.14. The van der Waals surface area contributed by atoms with Crippen molar-refractivity contribution in [3.63, 3.8) is 0 Å². The molecule has 8 nitrogen and oxygen atoms in total. The predicted octanol–water partition coefficient (Wildman–Crippen LogP) is 11.3. The van der Waals surface area contributed by atoms with E-state index in [1.807, 2.05) is 20.8 Å². The molecule has 0 aromatic heterocycles. The maximum absolute atomic E-state index is 11.9. The number of carbonyl (C=O) groups is 4. The van der Waals surface area contributed by atoms with Crippen LogP contribution in [-0.4, -0.2) is 55.9 Å². The number of halogens is 6. The summed E-state index contributed by atoms with van der Waals surface area (Å²) in [5.74, 6) is -3.27. The van der Waals surface area contributed by atoms with Gasteiger partial charge in [-0.2, -0.15) is 0 Å². The van der Waals surface area contributed by atoms with Gasteiger partial charge < -0.3 is 19.7 Å². The standard InChI is InChI=1S/2C16H22O4.2CHCl3/c1-3-5-11-19-15(17)13-9-7-8-10-14(13)16(18)20-12-6-4-2;1-3-5-7-11-9-10-13(15(17)18)14(16(19)20)12(11)8-6-4-2;2*2-1(3)4/h7-10H,3-6,11-12H2,1-2H3;9-10H,3-8H2,1-2H3,(H,17,18)(H,19,20);2*1H. The molecule has 0 amide bonds. The minimum atomic E-state index is -1.18. The predicted molar refractivity (Wildman–Crippen MR) is 197 cm³/mol. The Kier molecular flexibility index (Phi) is 30.0. The van der Waals surface area contributed by atoms with Gasteiger partial charge in [0, 0.05) is 0 Å². The van der Waals surface area contributed by atoms with E-state index in [2.05, 4.69) is 6.92 Å². The molecule has 0 unspecified atom stereocenters. The summed E-state index contributed by atoms with van der Waals surface area (Å²) >= 11 is 28.8. The van der Waals surface area contributed by atoms with Gasteiger partial charge in [-0.15, -0.1) is 0 Å². The van der Waals surface area contributed by atoms with E-state index in [1.165, 1.54) is 6.07 Å². The molecule has 48 heavy (non-hydrogen) atoms. The molecule has 0 radical (unpaired) electrons. The molecule has 2 aromatic carbocycles. The highest BCUT2D eigenvalue weighted by Crippen LogP contribution is 2.24. The van der Waals surface area contributed by atoms with E-state index < -0.39 is 32.5 Å². The fraction of sp³-hybridized carbons (Fsp3) is 0.529. The summed E-state index contributed by atoms with van der Waals surface area (Å²) < 4.78 is 8.78. The monoisotopic (exact) mass is 792 g/mol. The molecule has 0 saturated carbocycles. The van der Waals surface area contributed by atoms with Crippen LogP contribution in [0, 0.1) is 0 Å². The van der Waals surface area contributed by atoms with Crippen molar-refractivity contribution in [2.24, 2.45) is 0 Å². The normalized spacial score (nSPS) is 10.1. The molecule has 272 valence electrons. The van der Waals surface area contributed by atoms with Gasteiger partial charge >= 0.3 is 23.9 Å². The summed E-state index contributed by atoms with van der Waals surface area (Å²) in [6.07, 6.45) is 8.77. The number of hydrogen-bond acceptors (Lipinski definition) is 6. The Morgan fingerprint density at radius 1 is 0.583 bits per heavy atom. The van der Waals surface area contributed by atoms with Crippen LogP contribution in [0.4, 0.5) is 0 Å². The first-order valence-corrected chi connectivity index (χ1v) is 18.2. The van der Waals surface area contributed by atoms with Gasteiger partial charge in [-0.05, 0) is 67.9 Å². The summed E-state index contributed by atoms with van der Waals surface area (Å²) in [5.41, 5.74) is 2.08. The Labute approximate surface area is 314 Å². The van der Waals surface area contributed by atoms with Crippen molar-refractivity contribution in [2.45, 2.75) is 100 Å². The van der Waals surface area contributed by atoms with E-state index >= 15 is 0 Å².